The van der Waals surface area contributed by atoms with Gasteiger partial charge in [-0.1, -0.05) is 30.3 Å². The summed E-state index contributed by atoms with van der Waals surface area (Å²) in [5, 5.41) is 12.2. The third kappa shape index (κ3) is 4.60. The van der Waals surface area contributed by atoms with Gasteiger partial charge in [0.1, 0.15) is 6.10 Å². The van der Waals surface area contributed by atoms with Gasteiger partial charge < -0.3 is 9.84 Å². The van der Waals surface area contributed by atoms with Gasteiger partial charge in [0.15, 0.2) is 0 Å². The number of aromatic nitrogens is 1. The van der Waals surface area contributed by atoms with Crippen LogP contribution in [0, 0.1) is 12.8 Å². The van der Waals surface area contributed by atoms with Crippen molar-refractivity contribution in [2.75, 3.05) is 5.32 Å². The molecular weight excluding hydrogens is 488 g/mol. The van der Waals surface area contributed by atoms with Gasteiger partial charge in [-0.15, -0.1) is 22.7 Å². The number of ether oxygens (including phenoxy) is 1. The summed E-state index contributed by atoms with van der Waals surface area (Å²) >= 11 is 4.79. The van der Waals surface area contributed by atoms with E-state index in [0.29, 0.717) is 11.6 Å². The number of rotatable bonds is 6. The molecule has 5 rings (SSSR count). The zero-order valence-electron chi connectivity index (χ0n) is 18.7. The topological polar surface area (TPSA) is 88.5 Å². The van der Waals surface area contributed by atoms with Gasteiger partial charge in [0, 0.05) is 14.3 Å². The molecule has 3 heterocycles. The fourth-order valence-electron chi connectivity index (χ4n) is 4.40. The number of nitrogens with zero attached hydrogens (tertiary/aromatic N) is 1. The molecule has 2 unspecified atom stereocenters. The SMILES string of the molecule is Cc1nsc(-c2cc3sc(C4CCC(C(=O)O)C4)cc3s2)c1NC(=O)O[C@H](C)c1ccccc1. The number of anilines is 1. The van der Waals surface area contributed by atoms with Gasteiger partial charge in [-0.05, 0) is 68.3 Å². The maximum absolute atomic E-state index is 12.6. The van der Waals surface area contributed by atoms with Crippen LogP contribution in [0.25, 0.3) is 19.2 Å². The number of carboxylic acids is 1. The molecule has 176 valence electrons. The second-order valence-electron chi connectivity index (χ2n) is 8.59. The molecule has 0 bridgehead atoms. The molecule has 1 fully saturated rings. The lowest BCUT2D eigenvalue weighted by Gasteiger charge is -2.14. The molecule has 1 aliphatic carbocycles. The number of nitrogens with one attached hydrogen (secondary N) is 1. The van der Waals surface area contributed by atoms with Gasteiger partial charge in [-0.3, -0.25) is 10.1 Å². The summed E-state index contributed by atoms with van der Waals surface area (Å²) in [4.78, 5) is 27.2. The first-order valence-corrected chi connectivity index (χ1v) is 13.5. The molecule has 1 aromatic carbocycles. The van der Waals surface area contributed by atoms with Gasteiger partial charge in [0.25, 0.3) is 0 Å². The van der Waals surface area contributed by atoms with Crippen molar-refractivity contribution < 1.29 is 19.4 Å². The Morgan fingerprint density at radius 3 is 2.62 bits per heavy atom. The van der Waals surface area contributed by atoms with E-state index in [4.69, 9.17) is 4.74 Å². The summed E-state index contributed by atoms with van der Waals surface area (Å²) in [6, 6.07) is 14.0. The Hall–Kier alpha value is -2.75. The Bertz CT molecular complexity index is 1310. The van der Waals surface area contributed by atoms with Gasteiger partial charge >= 0.3 is 12.1 Å². The monoisotopic (exact) mass is 512 g/mol. The number of carboxylic acid groups (broad SMARTS) is 1. The molecule has 1 saturated carbocycles. The largest absolute Gasteiger partial charge is 0.481 e. The van der Waals surface area contributed by atoms with Crippen molar-refractivity contribution >= 4 is 61.4 Å². The van der Waals surface area contributed by atoms with Crippen molar-refractivity contribution in [2.24, 2.45) is 5.92 Å². The van der Waals surface area contributed by atoms with E-state index in [-0.39, 0.29) is 12.0 Å². The van der Waals surface area contributed by atoms with E-state index in [1.165, 1.54) is 25.8 Å². The molecule has 2 N–H and O–H groups in total. The van der Waals surface area contributed by atoms with E-state index >= 15 is 0 Å². The Morgan fingerprint density at radius 2 is 1.91 bits per heavy atom. The van der Waals surface area contributed by atoms with Gasteiger partial charge in [0.2, 0.25) is 0 Å². The van der Waals surface area contributed by atoms with Gasteiger partial charge in [0.05, 0.1) is 27.1 Å². The number of hydrogen-bond donors (Lipinski definition) is 2. The van der Waals surface area contributed by atoms with E-state index in [2.05, 4.69) is 21.8 Å². The molecule has 3 aromatic heterocycles. The molecule has 0 aliphatic heterocycles. The molecule has 1 aliphatic rings. The summed E-state index contributed by atoms with van der Waals surface area (Å²) < 4.78 is 12.4. The summed E-state index contributed by atoms with van der Waals surface area (Å²) in [7, 11) is 0. The first kappa shape index (κ1) is 23.0. The number of aliphatic carboxylic acids is 1. The van der Waals surface area contributed by atoms with E-state index in [9.17, 15) is 14.7 Å². The van der Waals surface area contributed by atoms with Crippen LogP contribution in [-0.2, 0) is 9.53 Å². The van der Waals surface area contributed by atoms with Crippen molar-refractivity contribution in [3.05, 3.63) is 58.6 Å². The predicted octanol–water partition coefficient (Wildman–Crippen LogP) is 7.67. The number of carbonyl (C=O) groups excluding carboxylic acids is 1. The average molecular weight is 513 g/mol. The zero-order chi connectivity index (χ0) is 23.8. The third-order valence-electron chi connectivity index (χ3n) is 6.28. The maximum Gasteiger partial charge on any atom is 0.412 e. The lowest BCUT2D eigenvalue weighted by Crippen LogP contribution is -2.16. The molecule has 0 radical (unpaired) electrons. The Kier molecular flexibility index (Phi) is 6.42. The Balaban J connectivity index is 1.32. The minimum absolute atomic E-state index is 0.223. The van der Waals surface area contributed by atoms with E-state index in [1.807, 2.05) is 44.2 Å². The number of amides is 1. The minimum atomic E-state index is -0.680. The van der Waals surface area contributed by atoms with Gasteiger partial charge in [-0.2, -0.15) is 4.37 Å². The smallest absolute Gasteiger partial charge is 0.412 e. The van der Waals surface area contributed by atoms with E-state index in [0.717, 1.165) is 40.3 Å². The molecule has 4 aromatic rings. The van der Waals surface area contributed by atoms with Crippen LogP contribution in [0.5, 0.6) is 0 Å². The molecule has 0 spiro atoms. The Labute approximate surface area is 209 Å². The molecule has 34 heavy (non-hydrogen) atoms. The number of aryl methyl sites for hydroxylation is 1. The maximum atomic E-state index is 12.6. The fourth-order valence-corrected chi connectivity index (χ4v) is 7.90. The number of fused-ring (bicyclic) bond motifs is 1. The summed E-state index contributed by atoms with van der Waals surface area (Å²) in [5.41, 5.74) is 2.38. The van der Waals surface area contributed by atoms with E-state index in [1.54, 1.807) is 22.7 Å². The lowest BCUT2D eigenvalue weighted by molar-refractivity contribution is -0.141. The van der Waals surface area contributed by atoms with Crippen molar-refractivity contribution in [1.82, 2.24) is 4.37 Å². The molecule has 0 saturated heterocycles. The van der Waals surface area contributed by atoms with Gasteiger partial charge in [-0.25, -0.2) is 4.79 Å². The van der Waals surface area contributed by atoms with Crippen molar-refractivity contribution in [3.8, 4) is 9.75 Å². The summed E-state index contributed by atoms with van der Waals surface area (Å²) in [6.45, 7) is 3.73. The number of carbonyl (C=O) groups is 2. The first-order chi connectivity index (χ1) is 16.4. The second-order valence-corrected chi connectivity index (χ2v) is 11.6. The van der Waals surface area contributed by atoms with Crippen LogP contribution >= 0.6 is 34.2 Å². The summed E-state index contributed by atoms with van der Waals surface area (Å²) in [6.07, 6.45) is 1.55. The average Bonchev–Trinajstić information content (AvgIpc) is 3.58. The highest BCUT2D eigenvalue weighted by atomic mass is 32.1. The van der Waals surface area contributed by atoms with Crippen molar-refractivity contribution in [3.63, 3.8) is 0 Å². The molecule has 3 atom stereocenters. The third-order valence-corrected chi connectivity index (χ3v) is 9.85. The van der Waals surface area contributed by atoms with Crippen LogP contribution in [0.4, 0.5) is 10.5 Å². The van der Waals surface area contributed by atoms with E-state index < -0.39 is 12.1 Å². The van der Waals surface area contributed by atoms with Crippen LogP contribution in [-0.4, -0.2) is 21.5 Å². The quantitative estimate of drug-likeness (QED) is 0.277. The van der Waals surface area contributed by atoms with Crippen LogP contribution in [0.2, 0.25) is 0 Å². The summed E-state index contributed by atoms with van der Waals surface area (Å²) in [5.74, 6) is -0.572. The van der Waals surface area contributed by atoms with Crippen LogP contribution in [0.3, 0.4) is 0 Å². The van der Waals surface area contributed by atoms with Crippen LogP contribution < -0.4 is 5.32 Å². The lowest BCUT2D eigenvalue weighted by atomic mass is 10.0. The Morgan fingerprint density at radius 1 is 1.15 bits per heavy atom. The number of thiophene rings is 2. The zero-order valence-corrected chi connectivity index (χ0v) is 21.2. The van der Waals surface area contributed by atoms with Crippen molar-refractivity contribution in [2.45, 2.75) is 45.1 Å². The highest BCUT2D eigenvalue weighted by Gasteiger charge is 2.31. The fraction of sp³-hybridized carbons (Fsp3) is 0.320. The van der Waals surface area contributed by atoms with Crippen LogP contribution in [0.15, 0.2) is 42.5 Å². The molecule has 1 amide bonds. The molecule has 9 heteroatoms. The highest BCUT2D eigenvalue weighted by Crippen LogP contribution is 2.47. The van der Waals surface area contributed by atoms with Crippen molar-refractivity contribution in [1.29, 1.82) is 0 Å². The second kappa shape index (κ2) is 9.48. The number of benzene rings is 1. The normalized spacial score (nSPS) is 18.8. The molecule has 6 nitrogen and oxygen atoms in total. The predicted molar refractivity (Wildman–Crippen MR) is 138 cm³/mol. The minimum Gasteiger partial charge on any atom is -0.481 e. The number of hydrogen-bond acceptors (Lipinski definition) is 7. The standard InChI is InChI=1S/C25H24N2O4S3/c1-13-22(26-25(30)31-14(2)15-6-4-3-5-7-15)23(34-27-13)21-12-20-19(33-21)11-18(32-20)16-8-9-17(10-16)24(28)29/h3-7,11-12,14,16-17H,8-10H2,1-2H3,(H,26,30)(H,28,29)/t14-,16?,17?/m1/s1. The first-order valence-electron chi connectivity index (χ1n) is 11.1. The molecular formula is C25H24N2O4S3. The highest BCUT2D eigenvalue weighted by molar-refractivity contribution is 7.30. The van der Waals surface area contributed by atoms with Crippen LogP contribution in [0.1, 0.15) is 54.3 Å².